The molecule has 1 aromatic carbocycles. The molecule has 0 aromatic heterocycles. The van der Waals surface area contributed by atoms with Gasteiger partial charge in [0.05, 0.1) is 23.1 Å². The maximum atomic E-state index is 12.6. The van der Waals surface area contributed by atoms with Crippen molar-refractivity contribution in [3.05, 3.63) is 34.9 Å². The number of amides is 2. The maximum absolute atomic E-state index is 12.6. The van der Waals surface area contributed by atoms with Gasteiger partial charge in [0.1, 0.15) is 6.04 Å². The molecule has 1 aromatic rings. The highest BCUT2D eigenvalue weighted by molar-refractivity contribution is 6.33. The number of ether oxygens (including phenoxy) is 1. The zero-order chi connectivity index (χ0) is 18.4. The Morgan fingerprint density at radius 3 is 2.76 bits per heavy atom. The third kappa shape index (κ3) is 4.95. The van der Waals surface area contributed by atoms with E-state index in [2.05, 4.69) is 5.32 Å². The molecule has 1 N–H and O–H groups in total. The SMILES string of the molecule is CCOC(=O)C1CCCN(C(=O)C(C)NC(=O)c2ccccc2Cl)C1. The van der Waals surface area contributed by atoms with Crippen LogP contribution in [0.5, 0.6) is 0 Å². The molecule has 1 heterocycles. The fraction of sp³-hybridized carbons (Fsp3) is 0.500. The summed E-state index contributed by atoms with van der Waals surface area (Å²) < 4.78 is 5.04. The van der Waals surface area contributed by atoms with Crippen LogP contribution in [-0.2, 0) is 14.3 Å². The minimum absolute atomic E-state index is 0.214. The van der Waals surface area contributed by atoms with E-state index in [9.17, 15) is 14.4 Å². The second-order valence-corrected chi connectivity index (χ2v) is 6.46. The predicted molar refractivity (Wildman–Crippen MR) is 94.3 cm³/mol. The number of nitrogens with zero attached hydrogens (tertiary/aromatic N) is 1. The fourth-order valence-corrected chi connectivity index (χ4v) is 3.11. The van der Waals surface area contributed by atoms with Crippen molar-refractivity contribution in [3.63, 3.8) is 0 Å². The largest absolute Gasteiger partial charge is 0.466 e. The van der Waals surface area contributed by atoms with Crippen molar-refractivity contribution in [2.45, 2.75) is 32.7 Å². The van der Waals surface area contributed by atoms with E-state index in [0.717, 1.165) is 6.42 Å². The lowest BCUT2D eigenvalue weighted by atomic mass is 9.97. The Morgan fingerprint density at radius 1 is 1.36 bits per heavy atom. The fourth-order valence-electron chi connectivity index (χ4n) is 2.89. The molecule has 1 fully saturated rings. The zero-order valence-corrected chi connectivity index (χ0v) is 15.2. The number of hydrogen-bond donors (Lipinski definition) is 1. The van der Waals surface area contributed by atoms with Crippen LogP contribution < -0.4 is 5.32 Å². The lowest BCUT2D eigenvalue weighted by Crippen LogP contribution is -2.51. The number of rotatable bonds is 5. The van der Waals surface area contributed by atoms with Gasteiger partial charge >= 0.3 is 5.97 Å². The van der Waals surface area contributed by atoms with Gasteiger partial charge < -0.3 is 15.0 Å². The number of carbonyl (C=O) groups excluding carboxylic acids is 3. The van der Waals surface area contributed by atoms with Crippen molar-refractivity contribution in [1.29, 1.82) is 0 Å². The van der Waals surface area contributed by atoms with Crippen molar-refractivity contribution >= 4 is 29.4 Å². The Morgan fingerprint density at radius 2 is 2.08 bits per heavy atom. The van der Waals surface area contributed by atoms with E-state index in [-0.39, 0.29) is 17.8 Å². The first-order valence-electron chi connectivity index (χ1n) is 8.44. The molecule has 7 heteroatoms. The highest BCUT2D eigenvalue weighted by Gasteiger charge is 2.31. The van der Waals surface area contributed by atoms with Crippen LogP contribution in [0.25, 0.3) is 0 Å². The number of carbonyl (C=O) groups is 3. The van der Waals surface area contributed by atoms with E-state index in [0.29, 0.717) is 36.7 Å². The molecule has 1 aliphatic heterocycles. The lowest BCUT2D eigenvalue weighted by molar-refractivity contribution is -0.151. The van der Waals surface area contributed by atoms with Gasteiger partial charge in [-0.1, -0.05) is 23.7 Å². The Labute approximate surface area is 152 Å². The van der Waals surface area contributed by atoms with E-state index in [1.807, 2.05) is 0 Å². The van der Waals surface area contributed by atoms with Crippen molar-refractivity contribution in [2.24, 2.45) is 5.92 Å². The maximum Gasteiger partial charge on any atom is 0.310 e. The minimum atomic E-state index is -0.704. The van der Waals surface area contributed by atoms with Crippen LogP contribution in [0.3, 0.4) is 0 Å². The second-order valence-electron chi connectivity index (χ2n) is 6.05. The summed E-state index contributed by atoms with van der Waals surface area (Å²) >= 11 is 6.01. The summed E-state index contributed by atoms with van der Waals surface area (Å²) in [5.41, 5.74) is 0.326. The van der Waals surface area contributed by atoms with E-state index < -0.39 is 11.9 Å². The molecular weight excluding hydrogens is 344 g/mol. The number of benzene rings is 1. The van der Waals surface area contributed by atoms with E-state index in [1.54, 1.807) is 43.0 Å². The van der Waals surface area contributed by atoms with E-state index in [4.69, 9.17) is 16.3 Å². The number of esters is 1. The van der Waals surface area contributed by atoms with Gasteiger partial charge in [0.25, 0.3) is 5.91 Å². The molecule has 0 bridgehead atoms. The van der Waals surface area contributed by atoms with Crippen LogP contribution in [-0.4, -0.2) is 48.4 Å². The average molecular weight is 367 g/mol. The second kappa shape index (κ2) is 8.85. The van der Waals surface area contributed by atoms with Crippen LogP contribution in [0.1, 0.15) is 37.0 Å². The Balaban J connectivity index is 1.96. The van der Waals surface area contributed by atoms with Gasteiger partial charge in [-0.2, -0.15) is 0 Å². The Kier molecular flexibility index (Phi) is 6.82. The molecule has 0 saturated carbocycles. The molecule has 1 aliphatic rings. The smallest absolute Gasteiger partial charge is 0.310 e. The van der Waals surface area contributed by atoms with Gasteiger partial charge in [-0.3, -0.25) is 14.4 Å². The van der Waals surface area contributed by atoms with Crippen LogP contribution in [0, 0.1) is 5.92 Å². The van der Waals surface area contributed by atoms with Crippen LogP contribution in [0.4, 0.5) is 0 Å². The predicted octanol–water partition coefficient (Wildman–Crippen LogP) is 2.26. The summed E-state index contributed by atoms with van der Waals surface area (Å²) in [7, 11) is 0. The number of hydrogen-bond acceptors (Lipinski definition) is 4. The quantitative estimate of drug-likeness (QED) is 0.811. The monoisotopic (exact) mass is 366 g/mol. The molecule has 2 atom stereocenters. The third-order valence-corrected chi connectivity index (χ3v) is 4.52. The first-order valence-corrected chi connectivity index (χ1v) is 8.82. The van der Waals surface area contributed by atoms with Crippen molar-refractivity contribution in [3.8, 4) is 0 Å². The van der Waals surface area contributed by atoms with Gasteiger partial charge in [0.2, 0.25) is 5.91 Å². The topological polar surface area (TPSA) is 75.7 Å². The molecular formula is C18H23ClN2O4. The van der Waals surface area contributed by atoms with Crippen LogP contribution in [0.2, 0.25) is 5.02 Å². The highest BCUT2D eigenvalue weighted by Crippen LogP contribution is 2.19. The summed E-state index contributed by atoms with van der Waals surface area (Å²) in [6.07, 6.45) is 1.45. The number of nitrogens with one attached hydrogen (secondary N) is 1. The van der Waals surface area contributed by atoms with Gasteiger partial charge in [0, 0.05) is 13.1 Å². The first kappa shape index (κ1) is 19.2. The Bertz CT molecular complexity index is 650. The van der Waals surface area contributed by atoms with Gasteiger partial charge in [-0.15, -0.1) is 0 Å². The molecule has 2 amide bonds. The number of halogens is 1. The molecule has 0 spiro atoms. The summed E-state index contributed by atoms with van der Waals surface area (Å²) in [6, 6.07) is 5.97. The molecule has 25 heavy (non-hydrogen) atoms. The molecule has 1 saturated heterocycles. The summed E-state index contributed by atoms with van der Waals surface area (Å²) in [5.74, 6) is -1.18. The Hall–Kier alpha value is -2.08. The summed E-state index contributed by atoms with van der Waals surface area (Å²) in [4.78, 5) is 38.4. The summed E-state index contributed by atoms with van der Waals surface area (Å²) in [5, 5.41) is 3.01. The molecule has 6 nitrogen and oxygen atoms in total. The van der Waals surface area contributed by atoms with Crippen LogP contribution in [0.15, 0.2) is 24.3 Å². The molecule has 136 valence electrons. The van der Waals surface area contributed by atoms with Gasteiger partial charge in [0.15, 0.2) is 0 Å². The van der Waals surface area contributed by atoms with E-state index >= 15 is 0 Å². The molecule has 0 aliphatic carbocycles. The minimum Gasteiger partial charge on any atom is -0.466 e. The molecule has 0 radical (unpaired) electrons. The van der Waals surface area contributed by atoms with Crippen molar-refractivity contribution in [1.82, 2.24) is 10.2 Å². The lowest BCUT2D eigenvalue weighted by Gasteiger charge is -2.33. The third-order valence-electron chi connectivity index (χ3n) is 4.19. The van der Waals surface area contributed by atoms with Gasteiger partial charge in [-0.05, 0) is 38.8 Å². The molecule has 2 unspecified atom stereocenters. The summed E-state index contributed by atoms with van der Waals surface area (Å²) in [6.45, 7) is 4.61. The average Bonchev–Trinajstić information content (AvgIpc) is 2.61. The number of likely N-dealkylation sites (tertiary alicyclic amines) is 1. The van der Waals surface area contributed by atoms with E-state index in [1.165, 1.54) is 0 Å². The highest BCUT2D eigenvalue weighted by atomic mass is 35.5. The van der Waals surface area contributed by atoms with Crippen LogP contribution >= 0.6 is 11.6 Å². The molecule has 2 rings (SSSR count). The van der Waals surface area contributed by atoms with Gasteiger partial charge in [-0.25, -0.2) is 0 Å². The van der Waals surface area contributed by atoms with Crippen molar-refractivity contribution in [2.75, 3.05) is 19.7 Å². The zero-order valence-electron chi connectivity index (χ0n) is 14.5. The number of piperidine rings is 1. The van der Waals surface area contributed by atoms with Crippen molar-refractivity contribution < 1.29 is 19.1 Å². The normalized spacial score (nSPS) is 18.4. The first-order chi connectivity index (χ1) is 11.9. The standard InChI is InChI=1S/C18H23ClN2O4/c1-3-25-18(24)13-7-6-10-21(11-13)17(23)12(2)20-16(22)14-8-4-5-9-15(14)19/h4-5,8-9,12-13H,3,6-7,10-11H2,1-2H3,(H,20,22).